The van der Waals surface area contributed by atoms with Crippen LogP contribution in [0, 0.1) is 0 Å². The Morgan fingerprint density at radius 1 is 1.31 bits per heavy atom. The number of nitrogens with one attached hydrogen (secondary N) is 1. The predicted octanol–water partition coefficient (Wildman–Crippen LogP) is 3.12. The average Bonchev–Trinajstić information content (AvgIpc) is 2.30. The fraction of sp³-hybridized carbons (Fsp3) is 0.154. The molecule has 82 valence electrons. The maximum absolute atomic E-state index is 5.99. The highest BCUT2D eigenvalue weighted by Crippen LogP contribution is 2.25. The molecule has 0 atom stereocenters. The summed E-state index contributed by atoms with van der Waals surface area (Å²) in [5.41, 5.74) is 3.47. The van der Waals surface area contributed by atoms with Gasteiger partial charge in [0.15, 0.2) is 0 Å². The van der Waals surface area contributed by atoms with E-state index in [1.54, 1.807) is 6.20 Å². The number of nitrogens with zero attached hydrogens (tertiary/aromatic N) is 1. The third-order valence-corrected chi connectivity index (χ3v) is 2.64. The van der Waals surface area contributed by atoms with E-state index in [1.807, 2.05) is 37.5 Å². The molecule has 0 aliphatic rings. The van der Waals surface area contributed by atoms with Gasteiger partial charge in [-0.15, -0.1) is 0 Å². The Kier molecular flexibility index (Phi) is 3.54. The summed E-state index contributed by atoms with van der Waals surface area (Å²) in [6, 6.07) is 9.87. The zero-order valence-electron chi connectivity index (χ0n) is 9.07. The van der Waals surface area contributed by atoms with Gasteiger partial charge in [-0.2, -0.15) is 0 Å². The highest BCUT2D eigenvalue weighted by atomic mass is 35.5. The first-order valence-electron chi connectivity index (χ1n) is 5.14. The van der Waals surface area contributed by atoms with Crippen LogP contribution in [-0.4, -0.2) is 12.0 Å². The van der Waals surface area contributed by atoms with Gasteiger partial charge >= 0.3 is 0 Å². The molecular formula is C13H13ClN2. The molecule has 0 fully saturated rings. The van der Waals surface area contributed by atoms with Crippen LogP contribution < -0.4 is 5.32 Å². The second-order valence-corrected chi connectivity index (χ2v) is 4.01. The van der Waals surface area contributed by atoms with E-state index in [-0.39, 0.29) is 0 Å². The normalized spacial score (nSPS) is 10.4. The lowest BCUT2D eigenvalue weighted by Gasteiger charge is -2.08. The first kappa shape index (κ1) is 11.1. The minimum Gasteiger partial charge on any atom is -0.316 e. The van der Waals surface area contributed by atoms with Gasteiger partial charge in [-0.1, -0.05) is 23.7 Å². The van der Waals surface area contributed by atoms with Crippen molar-refractivity contribution in [1.82, 2.24) is 10.3 Å². The lowest BCUT2D eigenvalue weighted by atomic mass is 10.0. The molecule has 1 aromatic heterocycles. The quantitative estimate of drug-likeness (QED) is 0.880. The van der Waals surface area contributed by atoms with E-state index in [0.29, 0.717) is 0 Å². The van der Waals surface area contributed by atoms with E-state index >= 15 is 0 Å². The number of benzene rings is 1. The summed E-state index contributed by atoms with van der Waals surface area (Å²) in [6.07, 6.45) is 3.68. The van der Waals surface area contributed by atoms with Crippen molar-refractivity contribution >= 4 is 11.6 Å². The van der Waals surface area contributed by atoms with E-state index in [1.165, 1.54) is 11.1 Å². The fourth-order valence-electron chi connectivity index (χ4n) is 1.70. The molecule has 3 heteroatoms. The first-order valence-corrected chi connectivity index (χ1v) is 5.52. The molecule has 0 aliphatic carbocycles. The first-order chi connectivity index (χ1) is 7.81. The zero-order valence-corrected chi connectivity index (χ0v) is 9.83. The van der Waals surface area contributed by atoms with Gasteiger partial charge < -0.3 is 5.32 Å². The Balaban J connectivity index is 2.46. The van der Waals surface area contributed by atoms with Crippen LogP contribution in [0.25, 0.3) is 11.1 Å². The maximum Gasteiger partial charge on any atom is 0.0412 e. The molecule has 2 nitrogen and oxygen atoms in total. The van der Waals surface area contributed by atoms with Crippen LogP contribution in [0.15, 0.2) is 42.7 Å². The Morgan fingerprint density at radius 3 is 2.94 bits per heavy atom. The standard InChI is InChI=1S/C13H13ClN2/c1-15-8-11-9-16-6-5-13(11)10-3-2-4-12(14)7-10/h2-7,9,15H,8H2,1H3. The Labute approximate surface area is 100 Å². The Bertz CT molecular complexity index is 483. The van der Waals surface area contributed by atoms with E-state index in [9.17, 15) is 0 Å². The van der Waals surface area contributed by atoms with Crippen molar-refractivity contribution in [2.24, 2.45) is 0 Å². The minimum atomic E-state index is 0.754. The molecule has 0 bridgehead atoms. The molecule has 1 aromatic carbocycles. The summed E-state index contributed by atoms with van der Waals surface area (Å²) >= 11 is 5.99. The largest absolute Gasteiger partial charge is 0.316 e. The highest BCUT2D eigenvalue weighted by molar-refractivity contribution is 6.30. The molecule has 0 spiro atoms. The van der Waals surface area contributed by atoms with Gasteiger partial charge in [0.1, 0.15) is 0 Å². The van der Waals surface area contributed by atoms with Crippen LogP contribution in [0.4, 0.5) is 0 Å². The molecule has 1 heterocycles. The van der Waals surface area contributed by atoms with Gasteiger partial charge in [0.2, 0.25) is 0 Å². The minimum absolute atomic E-state index is 0.754. The summed E-state index contributed by atoms with van der Waals surface area (Å²) in [7, 11) is 1.93. The molecule has 0 unspecified atom stereocenters. The second kappa shape index (κ2) is 5.10. The van der Waals surface area contributed by atoms with Gasteiger partial charge in [0.05, 0.1) is 0 Å². The fourth-order valence-corrected chi connectivity index (χ4v) is 1.89. The zero-order chi connectivity index (χ0) is 11.4. The Hall–Kier alpha value is -1.38. The summed E-state index contributed by atoms with van der Waals surface area (Å²) < 4.78 is 0. The monoisotopic (exact) mass is 232 g/mol. The summed E-state index contributed by atoms with van der Waals surface area (Å²) in [4.78, 5) is 4.14. The van der Waals surface area contributed by atoms with Crippen LogP contribution >= 0.6 is 11.6 Å². The number of hydrogen-bond acceptors (Lipinski definition) is 2. The van der Waals surface area contributed by atoms with Gasteiger partial charge in [-0.05, 0) is 41.9 Å². The van der Waals surface area contributed by atoms with Crippen LogP contribution in [-0.2, 0) is 6.54 Å². The number of halogens is 1. The molecule has 0 aliphatic heterocycles. The Morgan fingerprint density at radius 2 is 2.19 bits per heavy atom. The van der Waals surface area contributed by atoms with Gasteiger partial charge in [-0.3, -0.25) is 4.98 Å². The highest BCUT2D eigenvalue weighted by Gasteiger charge is 2.04. The van der Waals surface area contributed by atoms with Crippen molar-refractivity contribution < 1.29 is 0 Å². The maximum atomic E-state index is 5.99. The topological polar surface area (TPSA) is 24.9 Å². The van der Waals surface area contributed by atoms with Crippen LogP contribution in [0.5, 0.6) is 0 Å². The molecule has 16 heavy (non-hydrogen) atoms. The van der Waals surface area contributed by atoms with Crippen molar-refractivity contribution in [3.63, 3.8) is 0 Å². The molecule has 0 amide bonds. The lowest BCUT2D eigenvalue weighted by molar-refractivity contribution is 0.815. The summed E-state index contributed by atoms with van der Waals surface area (Å²) in [6.45, 7) is 0.801. The van der Waals surface area contributed by atoms with Crippen molar-refractivity contribution in [1.29, 1.82) is 0 Å². The van der Waals surface area contributed by atoms with Crippen molar-refractivity contribution in [3.05, 3.63) is 53.3 Å². The summed E-state index contributed by atoms with van der Waals surface area (Å²) in [5, 5.41) is 3.89. The summed E-state index contributed by atoms with van der Waals surface area (Å²) in [5.74, 6) is 0. The molecular weight excluding hydrogens is 220 g/mol. The van der Waals surface area contributed by atoms with Gasteiger partial charge in [0.25, 0.3) is 0 Å². The molecule has 0 saturated carbocycles. The van der Waals surface area contributed by atoms with Crippen molar-refractivity contribution in [3.8, 4) is 11.1 Å². The molecule has 1 N–H and O–H groups in total. The van der Waals surface area contributed by atoms with Crippen molar-refractivity contribution in [2.45, 2.75) is 6.54 Å². The van der Waals surface area contributed by atoms with Gasteiger partial charge in [-0.25, -0.2) is 0 Å². The second-order valence-electron chi connectivity index (χ2n) is 3.57. The molecule has 2 aromatic rings. The smallest absolute Gasteiger partial charge is 0.0412 e. The number of pyridine rings is 1. The number of hydrogen-bond donors (Lipinski definition) is 1. The van der Waals surface area contributed by atoms with Crippen LogP contribution in [0.2, 0.25) is 5.02 Å². The van der Waals surface area contributed by atoms with Gasteiger partial charge in [0, 0.05) is 24.0 Å². The van der Waals surface area contributed by atoms with E-state index in [2.05, 4.69) is 16.4 Å². The van der Waals surface area contributed by atoms with Crippen molar-refractivity contribution in [2.75, 3.05) is 7.05 Å². The van der Waals surface area contributed by atoms with E-state index in [4.69, 9.17) is 11.6 Å². The molecule has 2 rings (SSSR count). The third kappa shape index (κ3) is 2.40. The van der Waals surface area contributed by atoms with E-state index in [0.717, 1.165) is 17.1 Å². The van der Waals surface area contributed by atoms with Crippen LogP contribution in [0.1, 0.15) is 5.56 Å². The van der Waals surface area contributed by atoms with E-state index < -0.39 is 0 Å². The molecule has 0 radical (unpaired) electrons. The molecule has 0 saturated heterocycles. The SMILES string of the molecule is CNCc1cnccc1-c1cccc(Cl)c1. The number of rotatable bonds is 3. The third-order valence-electron chi connectivity index (χ3n) is 2.41. The number of aromatic nitrogens is 1. The van der Waals surface area contributed by atoms with Crippen LogP contribution in [0.3, 0.4) is 0 Å². The average molecular weight is 233 g/mol. The predicted molar refractivity (Wildman–Crippen MR) is 67.4 cm³/mol. The lowest BCUT2D eigenvalue weighted by Crippen LogP contribution is -2.06.